The first-order valence-corrected chi connectivity index (χ1v) is 5.14. The number of nitrogens with zero attached hydrogens (tertiary/aromatic N) is 1. The molecule has 0 heterocycles. The number of benzene rings is 1. The van der Waals surface area contributed by atoms with E-state index < -0.39 is 6.36 Å². The summed E-state index contributed by atoms with van der Waals surface area (Å²) in [4.78, 5) is 1.95. The van der Waals surface area contributed by atoms with Crippen LogP contribution in [0.3, 0.4) is 0 Å². The van der Waals surface area contributed by atoms with Gasteiger partial charge in [-0.15, -0.1) is 0 Å². The minimum atomic E-state index is -4.66. The Morgan fingerprint density at radius 2 is 1.79 bits per heavy atom. The zero-order chi connectivity index (χ0) is 10.6. The molecular formula is C8H4F3NOSe. The second kappa shape index (κ2) is 4.36. The van der Waals surface area contributed by atoms with Crippen molar-refractivity contribution < 1.29 is 17.9 Å². The Labute approximate surface area is 84.4 Å². The molecule has 14 heavy (non-hydrogen) atoms. The molecule has 0 fully saturated rings. The summed E-state index contributed by atoms with van der Waals surface area (Å²) in [7, 11) is 0. The molecule has 0 N–H and O–H groups in total. The van der Waals surface area contributed by atoms with Gasteiger partial charge in [0.05, 0.1) is 0 Å². The van der Waals surface area contributed by atoms with Crippen molar-refractivity contribution >= 4 is 19.4 Å². The molecule has 74 valence electrons. The predicted molar refractivity (Wildman–Crippen MR) is 44.1 cm³/mol. The molecule has 0 bridgehead atoms. The molecule has 1 aromatic rings. The van der Waals surface area contributed by atoms with E-state index in [1.165, 1.54) is 24.3 Å². The third-order valence-corrected chi connectivity index (χ3v) is 2.48. The first kappa shape index (κ1) is 10.9. The molecule has 0 spiro atoms. The fraction of sp³-hybridized carbons (Fsp3) is 0.125. The molecule has 0 saturated carbocycles. The van der Waals surface area contributed by atoms with Crippen LogP contribution in [0, 0.1) is 10.2 Å². The fourth-order valence-electron chi connectivity index (χ4n) is 0.762. The van der Waals surface area contributed by atoms with Crippen LogP contribution in [0.5, 0.6) is 5.75 Å². The zero-order valence-electron chi connectivity index (χ0n) is 6.71. The van der Waals surface area contributed by atoms with Crippen molar-refractivity contribution in [1.29, 1.82) is 5.26 Å². The van der Waals surface area contributed by atoms with Gasteiger partial charge in [-0.2, -0.15) is 0 Å². The van der Waals surface area contributed by atoms with Crippen LogP contribution in [0.15, 0.2) is 24.3 Å². The Bertz CT molecular complexity index is 341. The quantitative estimate of drug-likeness (QED) is 0.758. The summed E-state index contributed by atoms with van der Waals surface area (Å²) in [5.74, 6) is -0.269. The maximum absolute atomic E-state index is 11.7. The Kier molecular flexibility index (Phi) is 3.39. The van der Waals surface area contributed by atoms with Gasteiger partial charge in [0, 0.05) is 0 Å². The van der Waals surface area contributed by atoms with Crippen molar-refractivity contribution in [3.63, 3.8) is 0 Å². The number of halogens is 3. The van der Waals surface area contributed by atoms with Gasteiger partial charge in [0.25, 0.3) is 0 Å². The van der Waals surface area contributed by atoms with E-state index in [1.54, 1.807) is 0 Å². The molecule has 1 rings (SSSR count). The van der Waals surface area contributed by atoms with E-state index in [-0.39, 0.29) is 20.7 Å². The maximum atomic E-state index is 11.7. The summed E-state index contributed by atoms with van der Waals surface area (Å²) >= 11 is -0.350. The van der Waals surface area contributed by atoms with Crippen molar-refractivity contribution in [2.24, 2.45) is 0 Å². The first-order chi connectivity index (χ1) is 6.51. The van der Waals surface area contributed by atoms with Crippen LogP contribution < -0.4 is 9.20 Å². The second-order valence-electron chi connectivity index (χ2n) is 2.21. The molecule has 0 aliphatic rings. The minimum absolute atomic E-state index is 0.269. The molecule has 0 radical (unpaired) electrons. The summed E-state index contributed by atoms with van der Waals surface area (Å²) in [6.07, 6.45) is -4.66. The summed E-state index contributed by atoms with van der Waals surface area (Å²) in [5.41, 5.74) is 0. The Balaban J connectivity index is 2.70. The van der Waals surface area contributed by atoms with E-state index in [9.17, 15) is 13.2 Å². The van der Waals surface area contributed by atoms with Crippen molar-refractivity contribution in [1.82, 2.24) is 0 Å². The molecule has 0 saturated heterocycles. The molecule has 0 aromatic heterocycles. The molecular weight excluding hydrogens is 262 g/mol. The number of nitriles is 1. The van der Waals surface area contributed by atoms with E-state index >= 15 is 0 Å². The van der Waals surface area contributed by atoms with Crippen LogP contribution in [0.25, 0.3) is 0 Å². The average molecular weight is 266 g/mol. The van der Waals surface area contributed by atoms with Gasteiger partial charge in [0.1, 0.15) is 0 Å². The summed E-state index contributed by atoms with van der Waals surface area (Å²) in [6.45, 7) is 0. The number of ether oxygens (including phenoxy) is 1. The van der Waals surface area contributed by atoms with E-state index in [0.717, 1.165) is 4.46 Å². The SMILES string of the molecule is N#C[Se]c1ccc(OC(F)(F)F)cc1. The number of alkyl halides is 3. The first-order valence-electron chi connectivity index (χ1n) is 3.43. The average Bonchev–Trinajstić information content (AvgIpc) is 2.06. The van der Waals surface area contributed by atoms with E-state index in [1.807, 2.05) is 4.97 Å². The van der Waals surface area contributed by atoms with Crippen molar-refractivity contribution in [3.8, 4) is 10.7 Å². The molecule has 0 aliphatic heterocycles. The van der Waals surface area contributed by atoms with Crippen LogP contribution in [-0.2, 0) is 0 Å². The third-order valence-electron chi connectivity index (χ3n) is 1.22. The summed E-state index contributed by atoms with van der Waals surface area (Å²) in [6, 6.07) is 5.29. The molecule has 2 nitrogen and oxygen atoms in total. The molecule has 0 unspecified atom stereocenters. The van der Waals surface area contributed by atoms with Gasteiger partial charge in [0.2, 0.25) is 0 Å². The molecule has 0 amide bonds. The molecule has 1 aromatic carbocycles. The van der Waals surface area contributed by atoms with E-state index in [4.69, 9.17) is 5.26 Å². The van der Waals surface area contributed by atoms with Gasteiger partial charge >= 0.3 is 83.9 Å². The number of hydrogen-bond donors (Lipinski definition) is 0. The zero-order valence-corrected chi connectivity index (χ0v) is 8.42. The molecule has 6 heteroatoms. The van der Waals surface area contributed by atoms with Gasteiger partial charge in [0.15, 0.2) is 0 Å². The van der Waals surface area contributed by atoms with E-state index in [2.05, 4.69) is 4.74 Å². The normalized spacial score (nSPS) is 10.7. The molecule has 0 aliphatic carbocycles. The van der Waals surface area contributed by atoms with Gasteiger partial charge < -0.3 is 0 Å². The Morgan fingerprint density at radius 1 is 1.21 bits per heavy atom. The van der Waals surface area contributed by atoms with Crippen LogP contribution in [-0.4, -0.2) is 21.3 Å². The van der Waals surface area contributed by atoms with Crippen molar-refractivity contribution in [3.05, 3.63) is 24.3 Å². The van der Waals surface area contributed by atoms with E-state index in [0.29, 0.717) is 0 Å². The Morgan fingerprint density at radius 3 is 2.21 bits per heavy atom. The number of rotatable bonds is 2. The van der Waals surface area contributed by atoms with Crippen molar-refractivity contribution in [2.75, 3.05) is 0 Å². The van der Waals surface area contributed by atoms with Crippen LogP contribution in [0.1, 0.15) is 0 Å². The standard InChI is InChI=1S/C8H4F3NOSe/c9-8(10,11)13-6-1-3-7(4-2-6)14-5-12/h1-4H. The van der Waals surface area contributed by atoms with Crippen LogP contribution >= 0.6 is 0 Å². The summed E-state index contributed by atoms with van der Waals surface area (Å²) in [5, 5.41) is 8.34. The topological polar surface area (TPSA) is 33.0 Å². The second-order valence-corrected chi connectivity index (χ2v) is 4.01. The van der Waals surface area contributed by atoms with Crippen LogP contribution in [0.4, 0.5) is 13.2 Å². The fourth-order valence-corrected chi connectivity index (χ4v) is 1.55. The van der Waals surface area contributed by atoms with Crippen LogP contribution in [0.2, 0.25) is 0 Å². The number of hydrogen-bond acceptors (Lipinski definition) is 2. The Hall–Kier alpha value is -1.18. The van der Waals surface area contributed by atoms with Gasteiger partial charge in [-0.3, -0.25) is 0 Å². The van der Waals surface area contributed by atoms with Gasteiger partial charge in [-0.1, -0.05) is 0 Å². The molecule has 0 atom stereocenters. The van der Waals surface area contributed by atoms with Gasteiger partial charge in [-0.25, -0.2) is 0 Å². The third kappa shape index (κ3) is 3.69. The van der Waals surface area contributed by atoms with Crippen molar-refractivity contribution in [2.45, 2.75) is 6.36 Å². The monoisotopic (exact) mass is 267 g/mol. The van der Waals surface area contributed by atoms with Gasteiger partial charge in [-0.05, 0) is 0 Å². The predicted octanol–water partition coefficient (Wildman–Crippen LogP) is 1.40. The summed E-state index contributed by atoms with van der Waals surface area (Å²) < 4.78 is 39.5.